The number of aromatic nitrogens is 1. The van der Waals surface area contributed by atoms with Gasteiger partial charge in [-0.1, -0.05) is 6.42 Å². The van der Waals surface area contributed by atoms with Gasteiger partial charge in [-0.3, -0.25) is 4.98 Å². The van der Waals surface area contributed by atoms with Gasteiger partial charge in [0.1, 0.15) is 17.1 Å². The summed E-state index contributed by atoms with van der Waals surface area (Å²) in [7, 11) is 0. The lowest BCUT2D eigenvalue weighted by Gasteiger charge is -2.45. The van der Waals surface area contributed by atoms with E-state index in [2.05, 4.69) is 11.9 Å². The minimum atomic E-state index is -0.274. The molecule has 1 aliphatic carbocycles. The van der Waals surface area contributed by atoms with Gasteiger partial charge >= 0.3 is 5.63 Å². The molecule has 0 amide bonds. The van der Waals surface area contributed by atoms with E-state index in [1.807, 2.05) is 18.2 Å². The Labute approximate surface area is 129 Å². The van der Waals surface area contributed by atoms with Crippen LogP contribution >= 0.6 is 0 Å². The highest BCUT2D eigenvalue weighted by Crippen LogP contribution is 2.44. The third-order valence-corrected chi connectivity index (χ3v) is 5.09. The molecule has 1 unspecified atom stereocenters. The average Bonchev–Trinajstić information content (AvgIpc) is 2.53. The number of ether oxygens (including phenoxy) is 1. The molecule has 0 spiro atoms. The van der Waals surface area contributed by atoms with Gasteiger partial charge < -0.3 is 9.15 Å². The summed E-state index contributed by atoms with van der Waals surface area (Å²) in [6, 6.07) is 5.56. The Morgan fingerprint density at radius 1 is 1.36 bits per heavy atom. The third-order valence-electron chi connectivity index (χ3n) is 5.09. The van der Waals surface area contributed by atoms with Gasteiger partial charge in [0, 0.05) is 29.9 Å². The summed E-state index contributed by atoms with van der Waals surface area (Å²) in [5.41, 5.74) is 1.06. The maximum atomic E-state index is 12.4. The van der Waals surface area contributed by atoms with E-state index in [0.29, 0.717) is 23.0 Å². The summed E-state index contributed by atoms with van der Waals surface area (Å²) in [4.78, 5) is 16.4. The van der Waals surface area contributed by atoms with Crippen LogP contribution in [0.2, 0.25) is 0 Å². The van der Waals surface area contributed by atoms with Crippen molar-refractivity contribution in [2.75, 3.05) is 0 Å². The maximum absolute atomic E-state index is 12.4. The zero-order chi connectivity index (χ0) is 15.2. The van der Waals surface area contributed by atoms with E-state index in [1.54, 1.807) is 12.4 Å². The fourth-order valence-corrected chi connectivity index (χ4v) is 3.75. The van der Waals surface area contributed by atoms with Crippen molar-refractivity contribution in [3.8, 4) is 17.1 Å². The second-order valence-electron chi connectivity index (χ2n) is 6.54. The molecule has 0 aromatic carbocycles. The lowest BCUT2D eigenvalue weighted by Crippen LogP contribution is -2.48. The molecular formula is C18H19NO3. The number of hydrogen-bond acceptors (Lipinski definition) is 4. The topological polar surface area (TPSA) is 52.3 Å². The van der Waals surface area contributed by atoms with Gasteiger partial charge in [0.15, 0.2) is 0 Å². The number of hydrogen-bond donors (Lipinski definition) is 0. The van der Waals surface area contributed by atoms with Crippen LogP contribution in [-0.4, -0.2) is 10.6 Å². The van der Waals surface area contributed by atoms with Gasteiger partial charge in [-0.25, -0.2) is 4.79 Å². The highest BCUT2D eigenvalue weighted by molar-refractivity contribution is 5.58. The van der Waals surface area contributed by atoms with Crippen LogP contribution in [-0.2, 0) is 6.42 Å². The van der Waals surface area contributed by atoms with Gasteiger partial charge in [-0.15, -0.1) is 0 Å². The van der Waals surface area contributed by atoms with E-state index >= 15 is 0 Å². The van der Waals surface area contributed by atoms with Gasteiger partial charge in [0.05, 0.1) is 5.56 Å². The molecule has 4 nitrogen and oxygen atoms in total. The van der Waals surface area contributed by atoms with Crippen molar-refractivity contribution in [3.63, 3.8) is 0 Å². The summed E-state index contributed by atoms with van der Waals surface area (Å²) in [6.07, 6.45) is 8.75. The van der Waals surface area contributed by atoms with E-state index in [9.17, 15) is 4.79 Å². The Bertz CT molecular complexity index is 753. The summed E-state index contributed by atoms with van der Waals surface area (Å²) in [5, 5.41) is 0. The first kappa shape index (κ1) is 13.6. The van der Waals surface area contributed by atoms with Crippen LogP contribution in [0.15, 0.2) is 39.8 Å². The molecule has 2 aromatic heterocycles. The summed E-state index contributed by atoms with van der Waals surface area (Å²) in [6.45, 7) is 2.18. The molecule has 114 valence electrons. The minimum absolute atomic E-state index is 0.148. The number of nitrogens with zero attached hydrogens (tertiary/aromatic N) is 1. The van der Waals surface area contributed by atoms with Crippen molar-refractivity contribution < 1.29 is 9.15 Å². The molecule has 1 aliphatic heterocycles. The van der Waals surface area contributed by atoms with Crippen molar-refractivity contribution >= 4 is 0 Å². The second-order valence-corrected chi connectivity index (χ2v) is 6.54. The molecule has 1 saturated carbocycles. The second kappa shape index (κ2) is 4.97. The standard InChI is InChI=1S/C18H19NO3/c1-18-7-3-2-6-13(18)9-14-16(22-18)10-15(21-17(14)20)12-5-4-8-19-11-12/h4-5,8,10-11,13H,2-3,6-7,9H2,1H3/t13?,18-/m0/s1. The van der Waals surface area contributed by atoms with Crippen LogP contribution < -0.4 is 10.4 Å². The summed E-state index contributed by atoms with van der Waals surface area (Å²) >= 11 is 0. The van der Waals surface area contributed by atoms with E-state index in [4.69, 9.17) is 9.15 Å². The molecule has 1 fully saturated rings. The van der Waals surface area contributed by atoms with Crippen LogP contribution in [0, 0.1) is 5.92 Å². The zero-order valence-electron chi connectivity index (χ0n) is 12.7. The molecule has 0 radical (unpaired) electrons. The van der Waals surface area contributed by atoms with Crippen LogP contribution in [0.1, 0.15) is 38.2 Å². The smallest absolute Gasteiger partial charge is 0.343 e. The monoisotopic (exact) mass is 297 g/mol. The molecule has 2 aromatic rings. The SMILES string of the molecule is C[C@]12CCCCC1Cc1c(cc(-c3cccnc3)oc1=O)O2. The van der Waals surface area contributed by atoms with Crippen LogP contribution in [0.5, 0.6) is 5.75 Å². The Balaban J connectivity index is 1.79. The Hall–Kier alpha value is -2.10. The molecule has 2 aliphatic rings. The molecule has 2 atom stereocenters. The first-order valence-electron chi connectivity index (χ1n) is 7.92. The molecular weight excluding hydrogens is 278 g/mol. The van der Waals surface area contributed by atoms with Crippen molar-refractivity contribution in [1.82, 2.24) is 4.98 Å². The van der Waals surface area contributed by atoms with Crippen molar-refractivity contribution in [2.45, 2.75) is 44.6 Å². The molecule has 0 N–H and O–H groups in total. The first-order chi connectivity index (χ1) is 10.7. The molecule has 4 heteroatoms. The zero-order valence-corrected chi connectivity index (χ0v) is 12.7. The highest BCUT2D eigenvalue weighted by atomic mass is 16.5. The maximum Gasteiger partial charge on any atom is 0.343 e. The van der Waals surface area contributed by atoms with Gasteiger partial charge in [0.2, 0.25) is 0 Å². The van der Waals surface area contributed by atoms with Crippen LogP contribution in [0.3, 0.4) is 0 Å². The molecule has 0 bridgehead atoms. The normalized spacial score (nSPS) is 26.7. The fraction of sp³-hybridized carbons (Fsp3) is 0.444. The minimum Gasteiger partial charge on any atom is -0.487 e. The van der Waals surface area contributed by atoms with E-state index in [0.717, 1.165) is 24.8 Å². The molecule has 0 saturated heterocycles. The molecule has 4 rings (SSSR count). The number of pyridine rings is 1. The number of rotatable bonds is 1. The van der Waals surface area contributed by atoms with Crippen LogP contribution in [0.25, 0.3) is 11.3 Å². The highest BCUT2D eigenvalue weighted by Gasteiger charge is 2.43. The Kier molecular flexibility index (Phi) is 3.06. The lowest BCUT2D eigenvalue weighted by molar-refractivity contribution is -0.0228. The van der Waals surface area contributed by atoms with Gasteiger partial charge in [0.25, 0.3) is 0 Å². The summed E-state index contributed by atoms with van der Waals surface area (Å²) < 4.78 is 11.8. The lowest BCUT2D eigenvalue weighted by atomic mass is 9.72. The molecule has 3 heterocycles. The largest absolute Gasteiger partial charge is 0.487 e. The Morgan fingerprint density at radius 2 is 2.27 bits per heavy atom. The van der Waals surface area contributed by atoms with Crippen molar-refractivity contribution in [3.05, 3.63) is 46.6 Å². The predicted octanol–water partition coefficient (Wildman–Crippen LogP) is 3.59. The molecule has 22 heavy (non-hydrogen) atoms. The van der Waals surface area contributed by atoms with Crippen LogP contribution in [0.4, 0.5) is 0 Å². The van der Waals surface area contributed by atoms with Gasteiger partial charge in [-0.05, 0) is 44.7 Å². The fourth-order valence-electron chi connectivity index (χ4n) is 3.75. The van der Waals surface area contributed by atoms with E-state index in [1.165, 1.54) is 12.8 Å². The van der Waals surface area contributed by atoms with Crippen molar-refractivity contribution in [1.29, 1.82) is 0 Å². The average molecular weight is 297 g/mol. The quantitative estimate of drug-likeness (QED) is 0.807. The predicted molar refractivity (Wildman–Crippen MR) is 82.9 cm³/mol. The first-order valence-corrected chi connectivity index (χ1v) is 7.92. The number of fused-ring (bicyclic) bond motifs is 2. The van der Waals surface area contributed by atoms with E-state index in [-0.39, 0.29) is 11.2 Å². The Morgan fingerprint density at radius 3 is 3.09 bits per heavy atom. The van der Waals surface area contributed by atoms with E-state index < -0.39 is 0 Å². The summed E-state index contributed by atoms with van der Waals surface area (Å²) in [5.74, 6) is 1.63. The van der Waals surface area contributed by atoms with Crippen molar-refractivity contribution in [2.24, 2.45) is 5.92 Å². The third kappa shape index (κ3) is 2.14. The van der Waals surface area contributed by atoms with Gasteiger partial charge in [-0.2, -0.15) is 0 Å².